The summed E-state index contributed by atoms with van der Waals surface area (Å²) >= 11 is 0. The Hall–Kier alpha value is -4.92. The third-order valence-corrected chi connectivity index (χ3v) is 5.32. The molecule has 0 atom stereocenters. The predicted molar refractivity (Wildman–Crippen MR) is 125 cm³/mol. The van der Waals surface area contributed by atoms with Gasteiger partial charge in [0.2, 0.25) is 5.78 Å². The summed E-state index contributed by atoms with van der Waals surface area (Å²) < 4.78 is 1.62. The van der Waals surface area contributed by atoms with Crippen molar-refractivity contribution in [2.75, 3.05) is 0 Å². The van der Waals surface area contributed by atoms with Crippen molar-refractivity contribution in [1.29, 1.82) is 0 Å². The SMILES string of the molecule is Cc1ccc(-n2cc(-c3cnn(-c4ccccc4)n3)c(C(=O)c3ccc([N+](=O)[O-])cc3)n2)cc1. The zero-order valence-corrected chi connectivity index (χ0v) is 18.1. The third kappa shape index (κ3) is 3.97. The van der Waals surface area contributed by atoms with Crippen LogP contribution in [0.4, 0.5) is 5.69 Å². The van der Waals surface area contributed by atoms with Gasteiger partial charge in [0.1, 0.15) is 11.4 Å². The zero-order chi connectivity index (χ0) is 23.7. The normalized spacial score (nSPS) is 10.9. The van der Waals surface area contributed by atoms with Crippen molar-refractivity contribution in [3.63, 3.8) is 0 Å². The average molecular weight is 450 g/mol. The van der Waals surface area contributed by atoms with Crippen LogP contribution >= 0.6 is 0 Å². The molecule has 0 radical (unpaired) electrons. The minimum absolute atomic E-state index is 0.0900. The highest BCUT2D eigenvalue weighted by atomic mass is 16.6. The monoisotopic (exact) mass is 450 g/mol. The number of rotatable bonds is 6. The van der Waals surface area contributed by atoms with Gasteiger partial charge in [-0.3, -0.25) is 14.9 Å². The molecule has 0 fully saturated rings. The first kappa shape index (κ1) is 21.0. The van der Waals surface area contributed by atoms with Crippen molar-refractivity contribution in [3.05, 3.63) is 118 Å². The molecule has 0 aliphatic rings. The Morgan fingerprint density at radius 1 is 0.882 bits per heavy atom. The maximum Gasteiger partial charge on any atom is 0.269 e. The minimum Gasteiger partial charge on any atom is -0.287 e. The molecule has 166 valence electrons. The van der Waals surface area contributed by atoms with Gasteiger partial charge in [0.15, 0.2) is 0 Å². The van der Waals surface area contributed by atoms with E-state index >= 15 is 0 Å². The smallest absolute Gasteiger partial charge is 0.269 e. The molecule has 0 aliphatic carbocycles. The summed E-state index contributed by atoms with van der Waals surface area (Å²) in [7, 11) is 0. The molecule has 0 saturated carbocycles. The number of non-ortho nitro benzene ring substituents is 1. The lowest BCUT2D eigenvalue weighted by atomic mass is 10.0. The summed E-state index contributed by atoms with van der Waals surface area (Å²) in [5.41, 5.74) is 4.02. The van der Waals surface area contributed by atoms with Crippen LogP contribution in [0.25, 0.3) is 22.6 Å². The van der Waals surface area contributed by atoms with Gasteiger partial charge < -0.3 is 0 Å². The number of para-hydroxylation sites is 1. The highest BCUT2D eigenvalue weighted by Crippen LogP contribution is 2.26. The van der Waals surface area contributed by atoms with E-state index in [9.17, 15) is 14.9 Å². The predicted octanol–water partition coefficient (Wildman–Crippen LogP) is 4.57. The third-order valence-electron chi connectivity index (χ3n) is 5.32. The van der Waals surface area contributed by atoms with Crippen molar-refractivity contribution in [2.45, 2.75) is 6.92 Å². The van der Waals surface area contributed by atoms with E-state index in [4.69, 9.17) is 0 Å². The van der Waals surface area contributed by atoms with E-state index in [1.165, 1.54) is 29.1 Å². The van der Waals surface area contributed by atoms with Crippen LogP contribution < -0.4 is 0 Å². The van der Waals surface area contributed by atoms with Crippen molar-refractivity contribution in [1.82, 2.24) is 24.8 Å². The lowest BCUT2D eigenvalue weighted by Gasteiger charge is -2.01. The van der Waals surface area contributed by atoms with Crippen LogP contribution in [0.3, 0.4) is 0 Å². The van der Waals surface area contributed by atoms with Crippen molar-refractivity contribution in [2.24, 2.45) is 0 Å². The number of nitro groups is 1. The molecule has 34 heavy (non-hydrogen) atoms. The lowest BCUT2D eigenvalue weighted by Crippen LogP contribution is -2.06. The molecular weight excluding hydrogens is 432 g/mol. The van der Waals surface area contributed by atoms with Gasteiger partial charge >= 0.3 is 0 Å². The Bertz CT molecular complexity index is 1490. The van der Waals surface area contributed by atoms with Crippen LogP contribution in [0.1, 0.15) is 21.6 Å². The van der Waals surface area contributed by atoms with Gasteiger partial charge in [-0.15, -0.1) is 5.10 Å². The number of aryl methyl sites for hydroxylation is 1. The Morgan fingerprint density at radius 3 is 2.26 bits per heavy atom. The molecular formula is C25H18N6O3. The van der Waals surface area contributed by atoms with Crippen molar-refractivity contribution >= 4 is 11.5 Å². The Kier molecular flexibility index (Phi) is 5.27. The first-order valence-electron chi connectivity index (χ1n) is 10.4. The van der Waals surface area contributed by atoms with Crippen LogP contribution in [0, 0.1) is 17.0 Å². The van der Waals surface area contributed by atoms with E-state index in [0.717, 1.165) is 16.9 Å². The molecule has 5 rings (SSSR count). The van der Waals surface area contributed by atoms with Gasteiger partial charge in [-0.1, -0.05) is 35.9 Å². The molecule has 0 amide bonds. The van der Waals surface area contributed by atoms with Crippen LogP contribution in [0.2, 0.25) is 0 Å². The summed E-state index contributed by atoms with van der Waals surface area (Å²) in [5.74, 6) is -0.370. The molecule has 0 spiro atoms. The molecule has 2 heterocycles. The number of hydrogen-bond acceptors (Lipinski definition) is 6. The lowest BCUT2D eigenvalue weighted by molar-refractivity contribution is -0.384. The van der Waals surface area contributed by atoms with Crippen LogP contribution in [0.5, 0.6) is 0 Å². The summed E-state index contributed by atoms with van der Waals surface area (Å²) in [6, 6.07) is 22.6. The largest absolute Gasteiger partial charge is 0.287 e. The van der Waals surface area contributed by atoms with Crippen molar-refractivity contribution in [3.8, 4) is 22.6 Å². The van der Waals surface area contributed by atoms with Crippen LogP contribution in [0.15, 0.2) is 91.3 Å². The fraction of sp³-hybridized carbons (Fsp3) is 0.0400. The molecule has 0 aliphatic heterocycles. The zero-order valence-electron chi connectivity index (χ0n) is 18.1. The fourth-order valence-corrected chi connectivity index (χ4v) is 3.50. The Balaban J connectivity index is 1.60. The van der Waals surface area contributed by atoms with Gasteiger partial charge in [-0.2, -0.15) is 15.0 Å². The van der Waals surface area contributed by atoms with Gasteiger partial charge in [0.05, 0.1) is 28.1 Å². The summed E-state index contributed by atoms with van der Waals surface area (Å²) in [6.07, 6.45) is 3.32. The second-order valence-corrected chi connectivity index (χ2v) is 7.66. The van der Waals surface area contributed by atoms with Crippen LogP contribution in [-0.2, 0) is 0 Å². The van der Waals surface area contributed by atoms with E-state index in [1.807, 2.05) is 61.5 Å². The number of carbonyl (C=O) groups excluding carboxylic acids is 1. The minimum atomic E-state index is -0.506. The van der Waals surface area contributed by atoms with Gasteiger partial charge in [-0.05, 0) is 43.3 Å². The number of hydrogen-bond donors (Lipinski definition) is 0. The van der Waals surface area contributed by atoms with E-state index < -0.39 is 4.92 Å². The van der Waals surface area contributed by atoms with Gasteiger partial charge in [0.25, 0.3) is 5.69 Å². The average Bonchev–Trinajstić information content (AvgIpc) is 3.52. The van der Waals surface area contributed by atoms with E-state index in [0.29, 0.717) is 11.3 Å². The summed E-state index contributed by atoms with van der Waals surface area (Å²) in [6.45, 7) is 1.99. The first-order valence-corrected chi connectivity index (χ1v) is 10.4. The maximum absolute atomic E-state index is 13.4. The molecule has 3 aromatic carbocycles. The second kappa shape index (κ2) is 8.55. The summed E-state index contributed by atoms with van der Waals surface area (Å²) in [4.78, 5) is 25.4. The quantitative estimate of drug-likeness (QED) is 0.213. The molecule has 0 N–H and O–H groups in total. The van der Waals surface area contributed by atoms with Crippen LogP contribution in [-0.4, -0.2) is 35.5 Å². The molecule has 5 aromatic rings. The molecule has 9 heteroatoms. The molecule has 0 bridgehead atoms. The number of benzene rings is 3. The first-order chi connectivity index (χ1) is 16.5. The topological polar surface area (TPSA) is 109 Å². The number of aromatic nitrogens is 5. The Morgan fingerprint density at radius 2 is 1.59 bits per heavy atom. The number of ketones is 1. The highest BCUT2D eigenvalue weighted by molar-refractivity contribution is 6.11. The number of nitrogens with zero attached hydrogens (tertiary/aromatic N) is 6. The van der Waals surface area contributed by atoms with Gasteiger partial charge in [-0.25, -0.2) is 4.68 Å². The van der Waals surface area contributed by atoms with Crippen molar-refractivity contribution < 1.29 is 9.72 Å². The van der Waals surface area contributed by atoms with E-state index in [2.05, 4.69) is 15.3 Å². The molecule has 2 aromatic heterocycles. The van der Waals surface area contributed by atoms with E-state index in [-0.39, 0.29) is 22.7 Å². The number of carbonyl (C=O) groups is 1. The summed E-state index contributed by atoms with van der Waals surface area (Å²) in [5, 5.41) is 24.4. The standard InChI is InChI=1S/C25H18N6O3/c1-17-7-11-19(12-8-17)29-16-22(23-15-26-30(27-23)20-5-3-2-4-6-20)24(28-29)25(32)18-9-13-21(14-10-18)31(33)34/h2-16H,1H3. The maximum atomic E-state index is 13.4. The van der Waals surface area contributed by atoms with E-state index in [1.54, 1.807) is 17.1 Å². The molecule has 9 nitrogen and oxygen atoms in total. The molecule has 0 saturated heterocycles. The Labute approximate surface area is 194 Å². The highest BCUT2D eigenvalue weighted by Gasteiger charge is 2.23. The van der Waals surface area contributed by atoms with Gasteiger partial charge in [0, 0.05) is 23.9 Å². The molecule has 0 unspecified atom stereocenters. The number of nitro benzene ring substituents is 1. The fourth-order valence-electron chi connectivity index (χ4n) is 3.50. The second-order valence-electron chi connectivity index (χ2n) is 7.66.